The number of hydrogen-bond acceptors (Lipinski definition) is 5. The molecule has 1 aliphatic heterocycles. The largest absolute Gasteiger partial charge is 0.478 e. The quantitative estimate of drug-likeness (QED) is 0.444. The highest BCUT2D eigenvalue weighted by molar-refractivity contribution is 5.87. The molecule has 3 aromatic rings. The monoisotopic (exact) mass is 500 g/mol. The van der Waals surface area contributed by atoms with Gasteiger partial charge in [-0.1, -0.05) is 12.1 Å². The zero-order chi connectivity index (χ0) is 25.7. The molecule has 0 saturated carbocycles. The van der Waals surface area contributed by atoms with Crippen LogP contribution in [0, 0.1) is 5.92 Å². The number of ether oxygens (including phenoxy) is 2. The molecule has 36 heavy (non-hydrogen) atoms. The van der Waals surface area contributed by atoms with Crippen molar-refractivity contribution in [3.63, 3.8) is 0 Å². The van der Waals surface area contributed by atoms with Crippen molar-refractivity contribution in [2.24, 2.45) is 5.92 Å². The highest BCUT2D eigenvalue weighted by atomic mass is 19.4. The molecular weight excluding hydrogens is 477 g/mol. The Hall–Kier alpha value is -4.08. The molecule has 0 atom stereocenters. The average molecular weight is 500 g/mol. The number of carboxylic acids is 1. The summed E-state index contributed by atoms with van der Waals surface area (Å²) < 4.78 is 48.8. The number of alkyl halides is 3. The van der Waals surface area contributed by atoms with Gasteiger partial charge in [-0.2, -0.15) is 13.2 Å². The smallest absolute Gasteiger partial charge is 0.417 e. The number of aromatic nitrogens is 1. The van der Waals surface area contributed by atoms with Crippen molar-refractivity contribution < 1.29 is 37.3 Å². The van der Waals surface area contributed by atoms with E-state index in [2.05, 4.69) is 4.98 Å². The SMILES string of the molecule is O=C(O)c1ccc(CC2CCN(C(=O)Oc3ccc(Oc4ccc(C(F)(F)F)cn4)cc3)CC2)cc1. The summed E-state index contributed by atoms with van der Waals surface area (Å²) in [5, 5.41) is 9.00. The van der Waals surface area contributed by atoms with E-state index in [-0.39, 0.29) is 11.4 Å². The van der Waals surface area contributed by atoms with Crippen LogP contribution < -0.4 is 9.47 Å². The van der Waals surface area contributed by atoms with Crippen molar-refractivity contribution in [1.29, 1.82) is 0 Å². The maximum absolute atomic E-state index is 12.6. The molecule has 2 aromatic carbocycles. The molecule has 0 unspecified atom stereocenters. The van der Waals surface area contributed by atoms with Crippen LogP contribution in [0.15, 0.2) is 66.9 Å². The summed E-state index contributed by atoms with van der Waals surface area (Å²) in [6.45, 7) is 1.11. The van der Waals surface area contributed by atoms with Crippen molar-refractivity contribution in [3.8, 4) is 17.4 Å². The molecular formula is C26H23F3N2O5. The van der Waals surface area contributed by atoms with Gasteiger partial charge in [0.25, 0.3) is 0 Å². The van der Waals surface area contributed by atoms with Crippen LogP contribution in [0.3, 0.4) is 0 Å². The van der Waals surface area contributed by atoms with Gasteiger partial charge in [-0.25, -0.2) is 14.6 Å². The zero-order valence-corrected chi connectivity index (χ0v) is 19.1. The zero-order valence-electron chi connectivity index (χ0n) is 19.1. The third-order valence-electron chi connectivity index (χ3n) is 5.91. The molecule has 0 radical (unpaired) electrons. The molecule has 2 heterocycles. The summed E-state index contributed by atoms with van der Waals surface area (Å²) in [5.74, 6) is 0.0905. The summed E-state index contributed by atoms with van der Waals surface area (Å²) >= 11 is 0. The van der Waals surface area contributed by atoms with Gasteiger partial charge < -0.3 is 19.5 Å². The van der Waals surface area contributed by atoms with Crippen molar-refractivity contribution >= 4 is 12.1 Å². The molecule has 1 saturated heterocycles. The summed E-state index contributed by atoms with van der Waals surface area (Å²) in [6, 6.07) is 15.0. The van der Waals surface area contributed by atoms with Gasteiger partial charge in [0.05, 0.1) is 11.1 Å². The number of piperidine rings is 1. The number of hydrogen-bond donors (Lipinski definition) is 1. The van der Waals surface area contributed by atoms with Gasteiger partial charge in [0.15, 0.2) is 0 Å². The fraction of sp³-hybridized carbons (Fsp3) is 0.269. The lowest BCUT2D eigenvalue weighted by Gasteiger charge is -2.31. The standard InChI is InChI=1S/C26H23F3N2O5/c27-26(28,29)20-5-10-23(30-16-20)35-21-6-8-22(9-7-21)36-25(34)31-13-11-18(12-14-31)15-17-1-3-19(4-2-17)24(32)33/h1-10,16,18H,11-15H2,(H,32,33). The molecule has 10 heteroatoms. The lowest BCUT2D eigenvalue weighted by molar-refractivity contribution is -0.137. The van der Waals surface area contributed by atoms with Crippen molar-refractivity contribution in [2.75, 3.05) is 13.1 Å². The van der Waals surface area contributed by atoms with Gasteiger partial charge in [0, 0.05) is 25.4 Å². The van der Waals surface area contributed by atoms with Crippen LogP contribution in [0.5, 0.6) is 17.4 Å². The molecule has 7 nitrogen and oxygen atoms in total. The predicted molar refractivity (Wildman–Crippen MR) is 123 cm³/mol. The Bertz CT molecular complexity index is 1190. The number of carboxylic acid groups (broad SMARTS) is 1. The van der Waals surface area contributed by atoms with E-state index in [9.17, 15) is 22.8 Å². The van der Waals surface area contributed by atoms with Gasteiger partial charge in [0.2, 0.25) is 5.88 Å². The van der Waals surface area contributed by atoms with Crippen LogP contribution in [-0.2, 0) is 12.6 Å². The highest BCUT2D eigenvalue weighted by Crippen LogP contribution is 2.30. The van der Waals surface area contributed by atoms with Crippen molar-refractivity contribution in [1.82, 2.24) is 9.88 Å². The van der Waals surface area contributed by atoms with E-state index in [1.165, 1.54) is 24.3 Å². The predicted octanol–water partition coefficient (Wildman–Crippen LogP) is 6.04. The number of halogens is 3. The minimum absolute atomic E-state index is 0.00782. The average Bonchev–Trinajstić information content (AvgIpc) is 2.86. The Morgan fingerprint density at radius 1 is 0.944 bits per heavy atom. The second-order valence-corrected chi connectivity index (χ2v) is 8.46. The molecule has 0 bridgehead atoms. The van der Waals surface area contributed by atoms with E-state index < -0.39 is 23.8 Å². The fourth-order valence-electron chi connectivity index (χ4n) is 3.91. The Balaban J connectivity index is 1.24. The topological polar surface area (TPSA) is 89.0 Å². The number of amides is 1. The number of pyridine rings is 1. The third kappa shape index (κ3) is 6.53. The molecule has 1 aromatic heterocycles. The lowest BCUT2D eigenvalue weighted by atomic mass is 9.90. The van der Waals surface area contributed by atoms with Gasteiger partial charge in [-0.15, -0.1) is 0 Å². The Morgan fingerprint density at radius 2 is 1.58 bits per heavy atom. The number of rotatable bonds is 6. The first-order valence-corrected chi connectivity index (χ1v) is 11.3. The number of carbonyl (C=O) groups excluding carboxylic acids is 1. The third-order valence-corrected chi connectivity index (χ3v) is 5.91. The van der Waals surface area contributed by atoms with E-state index in [1.807, 2.05) is 12.1 Å². The molecule has 1 N–H and O–H groups in total. The van der Waals surface area contributed by atoms with E-state index in [1.54, 1.807) is 17.0 Å². The molecule has 1 fully saturated rings. The summed E-state index contributed by atoms with van der Waals surface area (Å²) in [6.07, 6.45) is -1.80. The Morgan fingerprint density at radius 3 is 2.14 bits per heavy atom. The first kappa shape index (κ1) is 25.0. The van der Waals surface area contributed by atoms with E-state index >= 15 is 0 Å². The van der Waals surface area contributed by atoms with E-state index in [0.29, 0.717) is 36.7 Å². The Labute approximate surface area is 205 Å². The lowest BCUT2D eigenvalue weighted by Crippen LogP contribution is -2.40. The summed E-state index contributed by atoms with van der Waals surface area (Å²) in [5.41, 5.74) is 0.456. The maximum atomic E-state index is 12.6. The molecule has 1 aliphatic rings. The first-order chi connectivity index (χ1) is 17.2. The van der Waals surface area contributed by atoms with Crippen molar-refractivity contribution in [3.05, 3.63) is 83.6 Å². The second-order valence-electron chi connectivity index (χ2n) is 8.46. The van der Waals surface area contributed by atoms with Crippen LogP contribution in [0.4, 0.5) is 18.0 Å². The van der Waals surface area contributed by atoms with Crippen molar-refractivity contribution in [2.45, 2.75) is 25.4 Å². The minimum Gasteiger partial charge on any atom is -0.478 e. The fourth-order valence-corrected chi connectivity index (χ4v) is 3.91. The maximum Gasteiger partial charge on any atom is 0.417 e. The van der Waals surface area contributed by atoms with Crippen LogP contribution in [-0.4, -0.2) is 40.1 Å². The number of likely N-dealkylation sites (tertiary alicyclic amines) is 1. The second kappa shape index (κ2) is 10.7. The number of aromatic carboxylic acids is 1. The molecule has 0 aliphatic carbocycles. The number of nitrogens with zero attached hydrogens (tertiary/aromatic N) is 2. The molecule has 4 rings (SSSR count). The van der Waals surface area contributed by atoms with Gasteiger partial charge >= 0.3 is 18.2 Å². The van der Waals surface area contributed by atoms with E-state index in [0.717, 1.165) is 37.0 Å². The molecule has 1 amide bonds. The van der Waals surface area contributed by atoms with Gasteiger partial charge in [-0.05, 0) is 73.2 Å². The van der Waals surface area contributed by atoms with Gasteiger partial charge in [0.1, 0.15) is 11.5 Å². The van der Waals surface area contributed by atoms with Crippen LogP contribution in [0.2, 0.25) is 0 Å². The summed E-state index contributed by atoms with van der Waals surface area (Å²) in [7, 11) is 0. The first-order valence-electron chi connectivity index (χ1n) is 11.3. The summed E-state index contributed by atoms with van der Waals surface area (Å²) in [4.78, 5) is 28.8. The number of carbonyl (C=O) groups is 2. The molecule has 188 valence electrons. The van der Waals surface area contributed by atoms with Crippen LogP contribution in [0.25, 0.3) is 0 Å². The normalized spacial score (nSPS) is 14.4. The van der Waals surface area contributed by atoms with Crippen LogP contribution >= 0.6 is 0 Å². The van der Waals surface area contributed by atoms with Crippen LogP contribution in [0.1, 0.15) is 34.3 Å². The van der Waals surface area contributed by atoms with E-state index in [4.69, 9.17) is 14.6 Å². The minimum atomic E-state index is -4.47. The van der Waals surface area contributed by atoms with Gasteiger partial charge in [-0.3, -0.25) is 0 Å². The Kier molecular flexibility index (Phi) is 7.42. The highest BCUT2D eigenvalue weighted by Gasteiger charge is 2.30. The molecule has 0 spiro atoms. The number of benzene rings is 2.